The minimum atomic E-state index is -1.45. The van der Waals surface area contributed by atoms with Gasteiger partial charge in [0.15, 0.2) is 11.9 Å². The van der Waals surface area contributed by atoms with Crippen molar-refractivity contribution in [3.63, 3.8) is 0 Å². The van der Waals surface area contributed by atoms with E-state index in [2.05, 4.69) is 15.7 Å². The summed E-state index contributed by atoms with van der Waals surface area (Å²) in [6.45, 7) is -0.638. The second kappa shape index (κ2) is 9.13. The molecule has 0 radical (unpaired) electrons. The fraction of sp³-hybridized carbons (Fsp3) is 0.217. The fourth-order valence-electron chi connectivity index (χ4n) is 3.90. The highest BCUT2D eigenvalue weighted by molar-refractivity contribution is 5.96. The van der Waals surface area contributed by atoms with E-state index in [0.29, 0.717) is 0 Å². The monoisotopic (exact) mass is 450 g/mol. The van der Waals surface area contributed by atoms with Gasteiger partial charge in [0.05, 0.1) is 6.61 Å². The number of anilines is 1. The Morgan fingerprint density at radius 3 is 2.27 bits per heavy atom. The Morgan fingerprint density at radius 2 is 1.70 bits per heavy atom. The van der Waals surface area contributed by atoms with Crippen molar-refractivity contribution in [2.75, 3.05) is 18.5 Å². The minimum Gasteiger partial charge on any atom is -0.480 e. The number of nitrogens with one attached hydrogen (secondary N) is 2. The summed E-state index contributed by atoms with van der Waals surface area (Å²) in [5.41, 5.74) is 4.40. The van der Waals surface area contributed by atoms with E-state index in [0.717, 1.165) is 22.3 Å². The van der Waals surface area contributed by atoms with Gasteiger partial charge >= 0.3 is 12.1 Å². The molecule has 2 aromatic carbocycles. The molecule has 0 unspecified atom stereocenters. The van der Waals surface area contributed by atoms with Crippen molar-refractivity contribution >= 4 is 23.8 Å². The van der Waals surface area contributed by atoms with Crippen molar-refractivity contribution in [2.24, 2.45) is 7.05 Å². The van der Waals surface area contributed by atoms with Gasteiger partial charge in [-0.25, -0.2) is 9.59 Å². The molecule has 0 saturated heterocycles. The predicted molar refractivity (Wildman–Crippen MR) is 118 cm³/mol. The van der Waals surface area contributed by atoms with E-state index in [1.54, 1.807) is 0 Å². The van der Waals surface area contributed by atoms with Crippen LogP contribution in [-0.2, 0) is 16.6 Å². The topological polar surface area (TPSA) is 143 Å². The summed E-state index contributed by atoms with van der Waals surface area (Å²) in [6, 6.07) is 15.8. The van der Waals surface area contributed by atoms with Crippen LogP contribution in [0.1, 0.15) is 27.5 Å². The number of hydrogen-bond donors (Lipinski definition) is 4. The number of aliphatic hydroxyl groups is 1. The number of hydrogen-bond acceptors (Lipinski definition) is 6. The lowest BCUT2D eigenvalue weighted by atomic mass is 9.98. The maximum absolute atomic E-state index is 12.4. The Kier molecular flexibility index (Phi) is 6.09. The SMILES string of the molecule is Cn1nc(NC(=O)OCC2c3ccccc3-c3ccccc32)cc1C(=O)N[C@H](CO)C(=O)O. The van der Waals surface area contributed by atoms with Crippen LogP contribution in [0.5, 0.6) is 0 Å². The quantitative estimate of drug-likeness (QED) is 0.431. The van der Waals surface area contributed by atoms with Gasteiger partial charge < -0.3 is 20.3 Å². The number of carboxylic acids is 1. The Bertz CT molecular complexity index is 1180. The second-order valence-corrected chi connectivity index (χ2v) is 7.54. The van der Waals surface area contributed by atoms with Gasteiger partial charge in [-0.3, -0.25) is 14.8 Å². The van der Waals surface area contributed by atoms with Gasteiger partial charge in [-0.1, -0.05) is 48.5 Å². The third kappa shape index (κ3) is 4.41. The van der Waals surface area contributed by atoms with Gasteiger partial charge in [-0.2, -0.15) is 5.10 Å². The van der Waals surface area contributed by atoms with Crippen molar-refractivity contribution in [2.45, 2.75) is 12.0 Å². The van der Waals surface area contributed by atoms with E-state index in [1.165, 1.54) is 17.8 Å². The van der Waals surface area contributed by atoms with Gasteiger partial charge in [0, 0.05) is 19.0 Å². The molecular formula is C23H22N4O6. The van der Waals surface area contributed by atoms with Crippen LogP contribution in [0.2, 0.25) is 0 Å². The predicted octanol–water partition coefficient (Wildman–Crippen LogP) is 1.96. The van der Waals surface area contributed by atoms with E-state index >= 15 is 0 Å². The molecule has 0 saturated carbocycles. The Hall–Kier alpha value is -4.18. The molecule has 1 heterocycles. The molecule has 0 aliphatic heterocycles. The maximum atomic E-state index is 12.4. The molecule has 4 N–H and O–H groups in total. The molecule has 1 aliphatic rings. The molecule has 2 amide bonds. The van der Waals surface area contributed by atoms with Gasteiger partial charge in [0.25, 0.3) is 5.91 Å². The zero-order valence-corrected chi connectivity index (χ0v) is 17.7. The maximum Gasteiger partial charge on any atom is 0.412 e. The lowest BCUT2D eigenvalue weighted by molar-refractivity contribution is -0.140. The number of amides is 2. The molecule has 4 rings (SSSR count). The first-order valence-corrected chi connectivity index (χ1v) is 10.2. The average Bonchev–Trinajstić information content (AvgIpc) is 3.33. The highest BCUT2D eigenvalue weighted by atomic mass is 16.5. The van der Waals surface area contributed by atoms with E-state index in [4.69, 9.17) is 14.9 Å². The molecule has 170 valence electrons. The van der Waals surface area contributed by atoms with Crippen molar-refractivity contribution in [1.82, 2.24) is 15.1 Å². The van der Waals surface area contributed by atoms with Gasteiger partial charge in [0.1, 0.15) is 12.3 Å². The van der Waals surface area contributed by atoms with Crippen LogP contribution in [0.4, 0.5) is 10.6 Å². The molecule has 1 aromatic heterocycles. The molecular weight excluding hydrogens is 428 g/mol. The number of rotatable bonds is 7. The van der Waals surface area contributed by atoms with Gasteiger partial charge in [0.2, 0.25) is 0 Å². The summed E-state index contributed by atoms with van der Waals surface area (Å²) in [7, 11) is 1.46. The fourth-order valence-corrected chi connectivity index (χ4v) is 3.90. The number of carbonyl (C=O) groups is 3. The lowest BCUT2D eigenvalue weighted by Gasteiger charge is -2.14. The number of aliphatic hydroxyl groups excluding tert-OH is 1. The summed E-state index contributed by atoms with van der Waals surface area (Å²) in [6.07, 6.45) is -0.735. The molecule has 10 nitrogen and oxygen atoms in total. The first kappa shape index (κ1) is 22.0. The van der Waals surface area contributed by atoms with Crippen molar-refractivity contribution in [3.8, 4) is 11.1 Å². The van der Waals surface area contributed by atoms with Crippen LogP contribution in [0, 0.1) is 0 Å². The lowest BCUT2D eigenvalue weighted by Crippen LogP contribution is -2.43. The van der Waals surface area contributed by atoms with Crippen LogP contribution in [-0.4, -0.2) is 57.2 Å². The smallest absolute Gasteiger partial charge is 0.412 e. The molecule has 10 heteroatoms. The zero-order valence-electron chi connectivity index (χ0n) is 17.7. The number of ether oxygens (including phenoxy) is 1. The molecule has 0 bridgehead atoms. The van der Waals surface area contributed by atoms with Crippen LogP contribution >= 0.6 is 0 Å². The molecule has 3 aromatic rings. The second-order valence-electron chi connectivity index (χ2n) is 7.54. The van der Waals surface area contributed by atoms with Crippen LogP contribution in [0.15, 0.2) is 54.6 Å². The summed E-state index contributed by atoms with van der Waals surface area (Å²) < 4.78 is 6.64. The summed E-state index contributed by atoms with van der Waals surface area (Å²) in [5.74, 6) is -2.16. The van der Waals surface area contributed by atoms with Crippen LogP contribution < -0.4 is 10.6 Å². The van der Waals surface area contributed by atoms with Crippen LogP contribution in [0.25, 0.3) is 11.1 Å². The Labute approximate surface area is 188 Å². The summed E-state index contributed by atoms with van der Waals surface area (Å²) in [4.78, 5) is 35.7. The molecule has 1 atom stereocenters. The number of aryl methyl sites for hydroxylation is 1. The number of aromatic nitrogens is 2. The number of aliphatic carboxylic acids is 1. The van der Waals surface area contributed by atoms with E-state index in [1.807, 2.05) is 48.5 Å². The summed E-state index contributed by atoms with van der Waals surface area (Å²) >= 11 is 0. The highest BCUT2D eigenvalue weighted by Gasteiger charge is 2.29. The van der Waals surface area contributed by atoms with Crippen molar-refractivity contribution in [1.29, 1.82) is 0 Å². The molecule has 1 aliphatic carbocycles. The normalized spacial score (nSPS) is 13.0. The van der Waals surface area contributed by atoms with Gasteiger partial charge in [-0.15, -0.1) is 0 Å². The Balaban J connectivity index is 1.41. The van der Waals surface area contributed by atoms with Crippen LogP contribution in [0.3, 0.4) is 0 Å². The first-order chi connectivity index (χ1) is 15.9. The minimum absolute atomic E-state index is 0.00338. The van der Waals surface area contributed by atoms with E-state index in [9.17, 15) is 14.4 Å². The zero-order chi connectivity index (χ0) is 23.5. The number of carboxylic acid groups (broad SMARTS) is 1. The number of nitrogens with zero attached hydrogens (tertiary/aromatic N) is 2. The van der Waals surface area contributed by atoms with Crippen molar-refractivity contribution in [3.05, 3.63) is 71.4 Å². The number of fused-ring (bicyclic) bond motifs is 3. The average molecular weight is 450 g/mol. The number of carbonyl (C=O) groups excluding carboxylic acids is 2. The van der Waals surface area contributed by atoms with E-state index < -0.39 is 30.6 Å². The first-order valence-electron chi connectivity index (χ1n) is 10.2. The van der Waals surface area contributed by atoms with E-state index in [-0.39, 0.29) is 24.0 Å². The number of benzene rings is 2. The molecule has 0 spiro atoms. The highest BCUT2D eigenvalue weighted by Crippen LogP contribution is 2.44. The van der Waals surface area contributed by atoms with Crippen molar-refractivity contribution < 1.29 is 29.3 Å². The molecule has 0 fully saturated rings. The van der Waals surface area contributed by atoms with Gasteiger partial charge in [-0.05, 0) is 22.3 Å². The largest absolute Gasteiger partial charge is 0.480 e. The molecule has 33 heavy (non-hydrogen) atoms. The standard InChI is InChI=1S/C23H22N4O6/c1-27-19(21(29)24-18(11-28)22(30)31)10-20(26-27)25-23(32)33-12-17-15-8-4-2-6-13(15)14-7-3-5-9-16(14)17/h2-10,17-18,28H,11-12H2,1H3,(H,24,29)(H,30,31)(H,25,26,32)/t18-/m1/s1. The summed E-state index contributed by atoms with van der Waals surface area (Å²) in [5, 5.41) is 26.7. The Morgan fingerprint density at radius 1 is 1.09 bits per heavy atom. The third-order valence-electron chi connectivity index (χ3n) is 5.47. The third-order valence-corrected chi connectivity index (χ3v) is 5.47.